The Bertz CT molecular complexity index is 926. The lowest BCUT2D eigenvalue weighted by atomic mass is 9.87. The lowest BCUT2D eigenvalue weighted by Gasteiger charge is -2.33. The van der Waals surface area contributed by atoms with Gasteiger partial charge in [-0.1, -0.05) is 36.4 Å². The van der Waals surface area contributed by atoms with Crippen LogP contribution >= 0.6 is 0 Å². The highest BCUT2D eigenvalue weighted by Gasteiger charge is 2.62. The summed E-state index contributed by atoms with van der Waals surface area (Å²) in [5.74, 6) is -3.16. The molecule has 0 aliphatic carbocycles. The average molecular weight is 416 g/mol. The topological polar surface area (TPSA) is 143 Å². The van der Waals surface area contributed by atoms with Crippen molar-refractivity contribution in [3.05, 3.63) is 72.2 Å². The number of hydrogen-bond acceptors (Lipinski definition) is 9. The molecule has 0 bridgehead atoms. The van der Waals surface area contributed by atoms with E-state index in [2.05, 4.69) is 0 Å². The number of para-hydroxylation sites is 2. The molecule has 1 heterocycles. The van der Waals surface area contributed by atoms with Gasteiger partial charge in [0.2, 0.25) is 11.5 Å². The van der Waals surface area contributed by atoms with Crippen molar-refractivity contribution in [2.45, 2.75) is 17.8 Å². The quantitative estimate of drug-likeness (QED) is 0.413. The molecular weight excluding hydrogens is 396 g/mol. The monoisotopic (exact) mass is 416 g/mol. The molecule has 30 heavy (non-hydrogen) atoms. The van der Waals surface area contributed by atoms with Gasteiger partial charge in [0.05, 0.1) is 13.2 Å². The summed E-state index contributed by atoms with van der Waals surface area (Å²) in [5.41, 5.74) is -2.63. The van der Waals surface area contributed by atoms with Crippen LogP contribution in [0.1, 0.15) is 0 Å². The highest BCUT2D eigenvalue weighted by atomic mass is 16.6. The van der Waals surface area contributed by atoms with Crippen LogP contribution in [0.3, 0.4) is 0 Å². The molecular formula is C21H20O9. The van der Waals surface area contributed by atoms with Crippen LogP contribution < -0.4 is 9.47 Å². The van der Waals surface area contributed by atoms with Gasteiger partial charge in [-0.15, -0.1) is 0 Å². The van der Waals surface area contributed by atoms with Crippen molar-refractivity contribution in [1.29, 1.82) is 0 Å². The van der Waals surface area contributed by atoms with Crippen LogP contribution in [-0.4, -0.2) is 63.2 Å². The number of aliphatic hydroxyl groups excluding tert-OH is 4. The molecule has 1 aliphatic rings. The summed E-state index contributed by atoms with van der Waals surface area (Å²) >= 11 is 0. The smallest absolute Gasteiger partial charge is 0.379 e. The number of benzene rings is 2. The van der Waals surface area contributed by atoms with Crippen molar-refractivity contribution in [2.75, 3.05) is 13.2 Å². The highest BCUT2D eigenvalue weighted by molar-refractivity contribution is 6.03. The Kier molecular flexibility index (Phi) is 6.48. The van der Waals surface area contributed by atoms with Crippen LogP contribution in [0, 0.1) is 0 Å². The van der Waals surface area contributed by atoms with Gasteiger partial charge in [-0.25, -0.2) is 4.79 Å². The van der Waals surface area contributed by atoms with Crippen LogP contribution in [0.15, 0.2) is 72.2 Å². The third-order valence-corrected chi connectivity index (χ3v) is 4.39. The summed E-state index contributed by atoms with van der Waals surface area (Å²) in [4.78, 5) is 25.6. The largest absolute Gasteiger partial charge is 0.453 e. The summed E-state index contributed by atoms with van der Waals surface area (Å²) in [6.07, 6.45) is -4.03. The number of ketones is 1. The van der Waals surface area contributed by atoms with Crippen molar-refractivity contribution in [3.8, 4) is 11.5 Å². The molecule has 3 rings (SSSR count). The fourth-order valence-corrected chi connectivity index (χ4v) is 2.93. The number of carbonyl (C=O) groups excluding carboxylic acids is 2. The Hall–Kier alpha value is -3.24. The summed E-state index contributed by atoms with van der Waals surface area (Å²) in [7, 11) is 0. The van der Waals surface area contributed by atoms with E-state index in [-0.39, 0.29) is 11.5 Å². The van der Waals surface area contributed by atoms with Gasteiger partial charge in [-0.3, -0.25) is 4.79 Å². The Morgan fingerprint density at radius 1 is 0.900 bits per heavy atom. The maximum atomic E-state index is 12.9. The summed E-state index contributed by atoms with van der Waals surface area (Å²) in [6, 6.07) is 16.1. The summed E-state index contributed by atoms with van der Waals surface area (Å²) in [5, 5.41) is 39.2. The SMILES string of the molecule is O=C1O[C@](C(=O)C(O)CO)([C@@H](O)CO)C(Oc2ccccc2)=C1Oc1ccccc1. The molecule has 0 fully saturated rings. The molecule has 0 aromatic heterocycles. The van der Waals surface area contributed by atoms with E-state index < -0.39 is 54.3 Å². The number of esters is 1. The van der Waals surface area contributed by atoms with Crippen molar-refractivity contribution in [1.82, 2.24) is 0 Å². The molecule has 0 radical (unpaired) electrons. The minimum Gasteiger partial charge on any atom is -0.453 e. The van der Waals surface area contributed by atoms with E-state index in [1.807, 2.05) is 0 Å². The van der Waals surface area contributed by atoms with Crippen molar-refractivity contribution < 1.29 is 44.2 Å². The van der Waals surface area contributed by atoms with Gasteiger partial charge in [0.15, 0.2) is 0 Å². The molecule has 4 N–H and O–H groups in total. The van der Waals surface area contributed by atoms with E-state index in [4.69, 9.17) is 14.2 Å². The summed E-state index contributed by atoms with van der Waals surface area (Å²) in [6.45, 7) is -2.03. The fraction of sp³-hybridized carbons (Fsp3) is 0.238. The van der Waals surface area contributed by atoms with E-state index >= 15 is 0 Å². The van der Waals surface area contributed by atoms with E-state index in [1.54, 1.807) is 36.4 Å². The molecule has 9 nitrogen and oxygen atoms in total. The van der Waals surface area contributed by atoms with Crippen LogP contribution in [0.2, 0.25) is 0 Å². The molecule has 1 unspecified atom stereocenters. The van der Waals surface area contributed by atoms with Gasteiger partial charge in [0.25, 0.3) is 11.4 Å². The van der Waals surface area contributed by atoms with Crippen molar-refractivity contribution in [3.63, 3.8) is 0 Å². The Balaban J connectivity index is 2.18. The van der Waals surface area contributed by atoms with Gasteiger partial charge in [0.1, 0.15) is 23.7 Å². The van der Waals surface area contributed by atoms with E-state index in [0.717, 1.165) is 0 Å². The van der Waals surface area contributed by atoms with Crippen LogP contribution in [0.25, 0.3) is 0 Å². The lowest BCUT2D eigenvalue weighted by Crippen LogP contribution is -2.58. The zero-order valence-corrected chi connectivity index (χ0v) is 15.7. The first-order valence-corrected chi connectivity index (χ1v) is 9.00. The number of aliphatic hydroxyl groups is 4. The number of carbonyl (C=O) groups is 2. The summed E-state index contributed by atoms with van der Waals surface area (Å²) < 4.78 is 16.4. The van der Waals surface area contributed by atoms with Crippen molar-refractivity contribution in [2.24, 2.45) is 0 Å². The predicted molar refractivity (Wildman–Crippen MR) is 101 cm³/mol. The molecule has 0 saturated carbocycles. The minimum atomic E-state index is -2.63. The molecule has 1 aliphatic heterocycles. The fourth-order valence-electron chi connectivity index (χ4n) is 2.93. The molecule has 9 heteroatoms. The maximum absolute atomic E-state index is 12.9. The number of rotatable bonds is 9. The maximum Gasteiger partial charge on any atom is 0.379 e. The third kappa shape index (κ3) is 3.91. The molecule has 0 saturated heterocycles. The van der Waals surface area contributed by atoms with E-state index in [9.17, 15) is 30.0 Å². The molecule has 2 aromatic carbocycles. The van der Waals surface area contributed by atoms with Gasteiger partial charge in [0, 0.05) is 0 Å². The lowest BCUT2D eigenvalue weighted by molar-refractivity contribution is -0.177. The Morgan fingerprint density at radius 2 is 1.43 bits per heavy atom. The third-order valence-electron chi connectivity index (χ3n) is 4.39. The molecule has 3 atom stereocenters. The van der Waals surface area contributed by atoms with Crippen molar-refractivity contribution >= 4 is 11.8 Å². The molecule has 158 valence electrons. The number of Topliss-reactive ketones (excluding diaryl/α,β-unsaturated/α-hetero) is 1. The predicted octanol–water partition coefficient (Wildman–Crippen LogP) is -0.0729. The second-order valence-electron chi connectivity index (χ2n) is 6.37. The molecule has 2 aromatic rings. The Morgan fingerprint density at radius 3 is 1.93 bits per heavy atom. The van der Waals surface area contributed by atoms with Crippen LogP contribution in [-0.2, 0) is 14.3 Å². The minimum absolute atomic E-state index is 0.167. The standard InChI is InChI=1S/C21H20O9/c22-11-15(24)18(26)21(16(25)12-23)19(29-14-9-5-2-6-10-14)17(20(27)30-21)28-13-7-3-1-4-8-13/h1-10,15-16,22-25H,11-12H2/t15?,16-,21-/m0/s1. The number of ether oxygens (including phenoxy) is 3. The van der Waals surface area contributed by atoms with Gasteiger partial charge >= 0.3 is 5.97 Å². The van der Waals surface area contributed by atoms with Gasteiger partial charge in [-0.2, -0.15) is 0 Å². The van der Waals surface area contributed by atoms with Crippen LogP contribution in [0.5, 0.6) is 11.5 Å². The number of cyclic esters (lactones) is 1. The van der Waals surface area contributed by atoms with E-state index in [1.165, 1.54) is 24.3 Å². The van der Waals surface area contributed by atoms with E-state index in [0.29, 0.717) is 0 Å². The second kappa shape index (κ2) is 9.06. The number of hydrogen-bond donors (Lipinski definition) is 4. The second-order valence-corrected chi connectivity index (χ2v) is 6.37. The molecule has 0 spiro atoms. The molecule has 0 amide bonds. The van der Waals surface area contributed by atoms with Crippen LogP contribution in [0.4, 0.5) is 0 Å². The zero-order valence-electron chi connectivity index (χ0n) is 15.7. The first kappa shape index (κ1) is 21.5. The van der Waals surface area contributed by atoms with Gasteiger partial charge < -0.3 is 34.6 Å². The first-order chi connectivity index (χ1) is 14.4. The Labute approximate surface area is 171 Å². The van der Waals surface area contributed by atoms with Gasteiger partial charge in [-0.05, 0) is 24.3 Å². The highest BCUT2D eigenvalue weighted by Crippen LogP contribution is 2.40. The normalized spacial score (nSPS) is 20.5. The average Bonchev–Trinajstić information content (AvgIpc) is 3.05. The first-order valence-electron chi connectivity index (χ1n) is 9.00. The zero-order chi connectivity index (χ0) is 21.7.